The number of hydrogen-bond donors (Lipinski definition) is 0. The smallest absolute Gasteiger partial charge is 0.187 e. The zero-order chi connectivity index (χ0) is 13.1. The van der Waals surface area contributed by atoms with Crippen molar-refractivity contribution in [2.24, 2.45) is 0 Å². The van der Waals surface area contributed by atoms with Gasteiger partial charge in [0.15, 0.2) is 5.69 Å². The van der Waals surface area contributed by atoms with E-state index in [0.717, 1.165) is 11.1 Å². The third-order valence-corrected chi connectivity index (χ3v) is 3.34. The molecule has 1 nitrogen and oxygen atoms in total. The highest BCUT2D eigenvalue weighted by atomic mass is 35.5. The van der Waals surface area contributed by atoms with Crippen molar-refractivity contribution in [1.82, 2.24) is 0 Å². The molecule has 18 heavy (non-hydrogen) atoms. The van der Waals surface area contributed by atoms with Crippen molar-refractivity contribution in [2.45, 2.75) is 12.8 Å². The monoisotopic (exact) mass is 275 g/mol. The molecule has 90 valence electrons. The standard InChI is InChI=1S/C15H11Cl2N/c1-10(11-3-5-15(18-2)6-4-11)12-7-13(16)9-14(17)8-12/h3-10H,1H3. The molecule has 3 heteroatoms. The van der Waals surface area contributed by atoms with Gasteiger partial charge in [0.1, 0.15) is 0 Å². The second-order valence-corrected chi connectivity index (χ2v) is 5.00. The van der Waals surface area contributed by atoms with Gasteiger partial charge in [-0.05, 0) is 29.3 Å². The first-order chi connectivity index (χ1) is 8.60. The van der Waals surface area contributed by atoms with Crippen molar-refractivity contribution in [2.75, 3.05) is 0 Å². The van der Waals surface area contributed by atoms with Gasteiger partial charge in [0, 0.05) is 16.0 Å². The molecule has 0 aliphatic rings. The number of nitrogens with zero attached hydrogens (tertiary/aromatic N) is 1. The number of benzene rings is 2. The Hall–Kier alpha value is -1.49. The van der Waals surface area contributed by atoms with Crippen molar-refractivity contribution in [3.05, 3.63) is 75.1 Å². The van der Waals surface area contributed by atoms with Crippen LogP contribution in [0.25, 0.3) is 4.85 Å². The maximum absolute atomic E-state index is 6.93. The maximum atomic E-state index is 6.93. The predicted octanol–water partition coefficient (Wildman–Crippen LogP) is 5.70. The van der Waals surface area contributed by atoms with E-state index in [2.05, 4.69) is 11.8 Å². The Morgan fingerprint density at radius 2 is 1.50 bits per heavy atom. The van der Waals surface area contributed by atoms with Crippen LogP contribution in [0.4, 0.5) is 5.69 Å². The van der Waals surface area contributed by atoms with Crippen molar-refractivity contribution in [3.8, 4) is 0 Å². The van der Waals surface area contributed by atoms with E-state index >= 15 is 0 Å². The van der Waals surface area contributed by atoms with Gasteiger partial charge in [0.25, 0.3) is 0 Å². The molecule has 2 rings (SSSR count). The molecule has 0 saturated carbocycles. The molecule has 0 aromatic heterocycles. The SMILES string of the molecule is [C-]#[N+]c1ccc(C(C)c2cc(Cl)cc(Cl)c2)cc1. The fraction of sp³-hybridized carbons (Fsp3) is 0.133. The lowest BCUT2D eigenvalue weighted by Gasteiger charge is -2.13. The fourth-order valence-electron chi connectivity index (χ4n) is 1.86. The van der Waals surface area contributed by atoms with Crippen molar-refractivity contribution >= 4 is 28.9 Å². The van der Waals surface area contributed by atoms with Crippen LogP contribution in [0.2, 0.25) is 10.0 Å². The first-order valence-corrected chi connectivity index (χ1v) is 6.29. The lowest BCUT2D eigenvalue weighted by Crippen LogP contribution is -1.95. The van der Waals surface area contributed by atoms with Crippen molar-refractivity contribution in [1.29, 1.82) is 0 Å². The molecule has 0 spiro atoms. The number of rotatable bonds is 2. The molecule has 0 aliphatic heterocycles. The summed E-state index contributed by atoms with van der Waals surface area (Å²) in [6, 6.07) is 13.1. The molecular weight excluding hydrogens is 265 g/mol. The first-order valence-electron chi connectivity index (χ1n) is 5.53. The Morgan fingerprint density at radius 3 is 2.00 bits per heavy atom. The molecule has 2 aromatic carbocycles. The van der Waals surface area contributed by atoms with Crippen LogP contribution in [0.1, 0.15) is 24.0 Å². The van der Waals surface area contributed by atoms with Gasteiger partial charge < -0.3 is 0 Å². The molecule has 0 radical (unpaired) electrons. The van der Waals surface area contributed by atoms with Gasteiger partial charge in [0.2, 0.25) is 0 Å². The average Bonchev–Trinajstić information content (AvgIpc) is 2.37. The van der Waals surface area contributed by atoms with Crippen LogP contribution in [-0.2, 0) is 0 Å². The minimum Gasteiger partial charge on any atom is -0.238 e. The van der Waals surface area contributed by atoms with E-state index in [1.165, 1.54) is 0 Å². The summed E-state index contributed by atoms with van der Waals surface area (Å²) in [5, 5.41) is 1.28. The Kier molecular flexibility index (Phi) is 3.91. The predicted molar refractivity (Wildman–Crippen MR) is 76.7 cm³/mol. The van der Waals surface area contributed by atoms with E-state index in [-0.39, 0.29) is 5.92 Å². The van der Waals surface area contributed by atoms with Crippen LogP contribution in [0.5, 0.6) is 0 Å². The van der Waals surface area contributed by atoms with Gasteiger partial charge in [-0.3, -0.25) is 0 Å². The summed E-state index contributed by atoms with van der Waals surface area (Å²) >= 11 is 12.0. The summed E-state index contributed by atoms with van der Waals surface area (Å²) in [5.74, 6) is 0.195. The van der Waals surface area contributed by atoms with Crippen LogP contribution < -0.4 is 0 Å². The Balaban J connectivity index is 2.35. The van der Waals surface area contributed by atoms with Gasteiger partial charge >= 0.3 is 0 Å². The number of hydrogen-bond acceptors (Lipinski definition) is 0. The van der Waals surface area contributed by atoms with Gasteiger partial charge in [-0.25, -0.2) is 4.85 Å². The molecule has 0 fully saturated rings. The number of halogens is 2. The Labute approximate surface area is 117 Å². The first kappa shape index (κ1) is 13.0. The molecule has 2 aromatic rings. The topological polar surface area (TPSA) is 4.36 Å². The molecule has 0 saturated heterocycles. The van der Waals surface area contributed by atoms with E-state index in [0.29, 0.717) is 15.7 Å². The third-order valence-electron chi connectivity index (χ3n) is 2.91. The minimum atomic E-state index is 0.195. The largest absolute Gasteiger partial charge is 0.238 e. The van der Waals surface area contributed by atoms with E-state index in [1.807, 2.05) is 36.4 Å². The summed E-state index contributed by atoms with van der Waals surface area (Å²) in [6.07, 6.45) is 0. The zero-order valence-corrected chi connectivity index (χ0v) is 11.3. The van der Waals surface area contributed by atoms with Gasteiger partial charge in [-0.1, -0.05) is 54.4 Å². The maximum Gasteiger partial charge on any atom is 0.187 e. The van der Waals surface area contributed by atoms with E-state index in [1.54, 1.807) is 6.07 Å². The highest BCUT2D eigenvalue weighted by Crippen LogP contribution is 2.30. The van der Waals surface area contributed by atoms with Crippen molar-refractivity contribution < 1.29 is 0 Å². The van der Waals surface area contributed by atoms with E-state index < -0.39 is 0 Å². The lowest BCUT2D eigenvalue weighted by atomic mass is 9.93. The van der Waals surface area contributed by atoms with Crippen LogP contribution >= 0.6 is 23.2 Å². The van der Waals surface area contributed by atoms with E-state index in [4.69, 9.17) is 29.8 Å². The summed E-state index contributed by atoms with van der Waals surface area (Å²) in [7, 11) is 0. The van der Waals surface area contributed by atoms with Crippen LogP contribution in [0.15, 0.2) is 42.5 Å². The Bertz CT molecular complexity index is 577. The molecule has 1 unspecified atom stereocenters. The molecule has 0 heterocycles. The molecule has 0 bridgehead atoms. The van der Waals surface area contributed by atoms with Gasteiger partial charge in [-0.15, -0.1) is 0 Å². The van der Waals surface area contributed by atoms with Crippen LogP contribution in [0, 0.1) is 6.57 Å². The second kappa shape index (κ2) is 5.44. The zero-order valence-electron chi connectivity index (χ0n) is 9.82. The quantitative estimate of drug-likeness (QED) is 0.620. The summed E-state index contributed by atoms with van der Waals surface area (Å²) in [5.41, 5.74) is 2.86. The average molecular weight is 276 g/mol. The molecule has 0 N–H and O–H groups in total. The second-order valence-electron chi connectivity index (χ2n) is 4.13. The highest BCUT2D eigenvalue weighted by molar-refractivity contribution is 6.34. The molecule has 0 aliphatic carbocycles. The summed E-state index contributed by atoms with van der Waals surface area (Å²) in [6.45, 7) is 9.02. The molecule has 0 amide bonds. The molecular formula is C15H11Cl2N. The van der Waals surface area contributed by atoms with Crippen LogP contribution in [-0.4, -0.2) is 0 Å². The summed E-state index contributed by atoms with van der Waals surface area (Å²) < 4.78 is 0. The van der Waals surface area contributed by atoms with Gasteiger partial charge in [-0.2, -0.15) is 0 Å². The van der Waals surface area contributed by atoms with Gasteiger partial charge in [0.05, 0.1) is 6.57 Å². The van der Waals surface area contributed by atoms with E-state index in [9.17, 15) is 0 Å². The fourth-order valence-corrected chi connectivity index (χ4v) is 2.40. The normalized spacial score (nSPS) is 11.9. The third kappa shape index (κ3) is 2.85. The lowest BCUT2D eigenvalue weighted by molar-refractivity contribution is 0.923. The van der Waals surface area contributed by atoms with Crippen LogP contribution in [0.3, 0.4) is 0 Å². The van der Waals surface area contributed by atoms with Crippen molar-refractivity contribution in [3.63, 3.8) is 0 Å². The minimum absolute atomic E-state index is 0.195. The Morgan fingerprint density at radius 1 is 0.944 bits per heavy atom. The summed E-state index contributed by atoms with van der Waals surface area (Å²) in [4.78, 5) is 3.38. The molecule has 1 atom stereocenters. The highest BCUT2D eigenvalue weighted by Gasteiger charge is 2.10.